The van der Waals surface area contributed by atoms with Crippen LogP contribution in [0.2, 0.25) is 0 Å². The van der Waals surface area contributed by atoms with Crippen molar-refractivity contribution < 1.29 is 35.9 Å². The van der Waals surface area contributed by atoms with E-state index in [1.165, 1.54) is 49.1 Å². The second kappa shape index (κ2) is 15.6. The van der Waals surface area contributed by atoms with Crippen LogP contribution in [0.4, 0.5) is 21.2 Å². The summed E-state index contributed by atoms with van der Waals surface area (Å²) in [6.45, 7) is 14.1. The van der Waals surface area contributed by atoms with Gasteiger partial charge in [0.2, 0.25) is 0 Å². The van der Waals surface area contributed by atoms with Gasteiger partial charge >= 0.3 is 12.2 Å². The van der Waals surface area contributed by atoms with Gasteiger partial charge in [0.25, 0.3) is 20.0 Å². The van der Waals surface area contributed by atoms with Gasteiger partial charge in [-0.3, -0.25) is 5.43 Å². The van der Waals surface area contributed by atoms with Crippen LogP contribution in [0.25, 0.3) is 22.3 Å². The smallest absolute Gasteiger partial charge is 0.430 e. The summed E-state index contributed by atoms with van der Waals surface area (Å²) in [5.41, 5.74) is 6.42. The highest BCUT2D eigenvalue weighted by Crippen LogP contribution is 2.23. The Kier molecular flexibility index (Phi) is 11.4. The van der Waals surface area contributed by atoms with Crippen LogP contribution >= 0.6 is 0 Å². The molecule has 0 atom stereocenters. The van der Waals surface area contributed by atoms with Crippen molar-refractivity contribution >= 4 is 66.2 Å². The highest BCUT2D eigenvalue weighted by atomic mass is 32.2. The topological polar surface area (TPSA) is 236 Å². The summed E-state index contributed by atoms with van der Waals surface area (Å²) in [6, 6.07) is 16.1. The Bertz CT molecular complexity index is 2610. The minimum Gasteiger partial charge on any atom is -0.443 e. The molecule has 0 aliphatic rings. The molecule has 0 saturated heterocycles. The first-order chi connectivity index (χ1) is 26.0. The van der Waals surface area contributed by atoms with Crippen LogP contribution in [0.1, 0.15) is 52.7 Å². The van der Waals surface area contributed by atoms with Gasteiger partial charge in [-0.2, -0.15) is 5.01 Å². The van der Waals surface area contributed by atoms with E-state index in [0.717, 1.165) is 24.1 Å². The molecule has 0 fully saturated rings. The number of hydrogen-bond donors (Lipinski definition) is 3. The minimum atomic E-state index is -3.83. The van der Waals surface area contributed by atoms with Crippen molar-refractivity contribution in [1.29, 1.82) is 0 Å². The first kappa shape index (κ1) is 41.1. The third-order valence-electron chi connectivity index (χ3n) is 7.38. The Labute approximate surface area is 323 Å². The molecule has 6 aromatic rings. The summed E-state index contributed by atoms with van der Waals surface area (Å²) in [4.78, 5) is 40.8. The highest BCUT2D eigenvalue weighted by Gasteiger charge is 2.25. The lowest BCUT2D eigenvalue weighted by atomic mass is 10.2. The quantitative estimate of drug-likeness (QED) is 0.104. The van der Waals surface area contributed by atoms with E-state index in [2.05, 4.69) is 30.8 Å². The standard InChI is InChI=1S/2C18H21N5O4S/c1-12-5-7-13(8-6-12)28(25,26)22-10-9-14-16(22)20-11-15(21-14)23(19)17(24)27-18(2,3)4;1-12-5-7-13(8-6-12)28(25,26)23-10-9-14-16(23)19-11-15(20-14)21-22-17(24)27-18(2,3)4/h5-11H,19H2,1-4H3;5-11H,1-4H3,(H,20,21)(H,22,24). The molecule has 4 aromatic heterocycles. The zero-order valence-electron chi connectivity index (χ0n) is 31.9. The fourth-order valence-corrected chi connectivity index (χ4v) is 7.39. The van der Waals surface area contributed by atoms with Gasteiger partial charge in [0.1, 0.15) is 22.2 Å². The molecular formula is C36H42N10O8S2. The van der Waals surface area contributed by atoms with Crippen molar-refractivity contribution in [3.63, 3.8) is 0 Å². The molecule has 0 aliphatic heterocycles. The molecule has 2 amide bonds. The maximum absolute atomic E-state index is 12.9. The number of hydrazine groups is 2. The van der Waals surface area contributed by atoms with Crippen LogP contribution in [0, 0.1) is 13.8 Å². The lowest BCUT2D eigenvalue weighted by Crippen LogP contribution is -2.42. The monoisotopic (exact) mass is 806 g/mol. The average Bonchev–Trinajstić information content (AvgIpc) is 3.74. The SMILES string of the molecule is Cc1ccc(S(=O)(=O)n2ccc3nc(N(N)C(=O)OC(C)(C)C)cnc32)cc1.Cc1ccc(S(=O)(=O)n2ccc3nc(NNC(=O)OC(C)(C)C)cnc32)cc1. The van der Waals surface area contributed by atoms with E-state index in [1.54, 1.807) is 77.9 Å². The maximum Gasteiger partial charge on any atom is 0.430 e. The van der Waals surface area contributed by atoms with Gasteiger partial charge in [-0.15, -0.1) is 0 Å². The van der Waals surface area contributed by atoms with Gasteiger partial charge < -0.3 is 9.47 Å². The molecule has 56 heavy (non-hydrogen) atoms. The van der Waals surface area contributed by atoms with Crippen molar-refractivity contribution in [2.75, 3.05) is 10.4 Å². The van der Waals surface area contributed by atoms with Gasteiger partial charge in [0.05, 0.1) is 22.2 Å². The number of carbonyl (C=O) groups is 2. The number of rotatable bonds is 7. The summed E-state index contributed by atoms with van der Waals surface area (Å²) >= 11 is 0. The molecule has 20 heteroatoms. The molecule has 0 unspecified atom stereocenters. The molecule has 0 radical (unpaired) electrons. The van der Waals surface area contributed by atoms with E-state index >= 15 is 0 Å². The van der Waals surface area contributed by atoms with Crippen molar-refractivity contribution in [2.45, 2.75) is 76.4 Å². The molecule has 2 aromatic carbocycles. The zero-order valence-corrected chi connectivity index (χ0v) is 33.5. The summed E-state index contributed by atoms with van der Waals surface area (Å²) in [6.07, 6.45) is 3.82. The average molecular weight is 807 g/mol. The first-order valence-corrected chi connectivity index (χ1v) is 19.8. The van der Waals surface area contributed by atoms with E-state index in [9.17, 15) is 26.4 Å². The van der Waals surface area contributed by atoms with Crippen LogP contribution in [0.15, 0.2) is 95.2 Å². The van der Waals surface area contributed by atoms with E-state index in [0.29, 0.717) is 5.52 Å². The number of carbonyl (C=O) groups excluding carboxylic acids is 2. The van der Waals surface area contributed by atoms with E-state index in [1.807, 2.05) is 13.8 Å². The molecule has 18 nitrogen and oxygen atoms in total. The van der Waals surface area contributed by atoms with Gasteiger partial charge in [0, 0.05) is 12.4 Å². The number of ether oxygens (including phenoxy) is 2. The van der Waals surface area contributed by atoms with Crippen molar-refractivity contribution in [3.8, 4) is 0 Å². The number of nitrogens with one attached hydrogen (secondary N) is 2. The predicted molar refractivity (Wildman–Crippen MR) is 208 cm³/mol. The van der Waals surface area contributed by atoms with E-state index in [-0.39, 0.29) is 38.2 Å². The molecule has 0 saturated carbocycles. The highest BCUT2D eigenvalue weighted by molar-refractivity contribution is 7.90. The van der Waals surface area contributed by atoms with E-state index in [4.69, 9.17) is 15.3 Å². The van der Waals surface area contributed by atoms with Crippen LogP contribution in [0.5, 0.6) is 0 Å². The molecule has 0 aliphatic carbocycles. The summed E-state index contributed by atoms with van der Waals surface area (Å²) < 4.78 is 63.9. The lowest BCUT2D eigenvalue weighted by molar-refractivity contribution is 0.0537. The van der Waals surface area contributed by atoms with Crippen molar-refractivity contribution in [2.24, 2.45) is 5.84 Å². The minimum absolute atomic E-state index is 0.0345. The fourth-order valence-electron chi connectivity index (χ4n) is 4.80. The number of amides is 2. The number of nitrogens with two attached hydrogens (primary N) is 1. The van der Waals surface area contributed by atoms with Crippen molar-refractivity contribution in [1.82, 2.24) is 33.3 Å². The molecule has 296 valence electrons. The lowest BCUT2D eigenvalue weighted by Gasteiger charge is -2.23. The third-order valence-corrected chi connectivity index (χ3v) is 10.7. The number of nitrogens with zero attached hydrogens (tertiary/aromatic N) is 7. The van der Waals surface area contributed by atoms with E-state index < -0.39 is 43.4 Å². The first-order valence-electron chi connectivity index (χ1n) is 16.9. The van der Waals surface area contributed by atoms with Gasteiger partial charge in [-0.05, 0) is 91.8 Å². The largest absolute Gasteiger partial charge is 0.443 e. The number of anilines is 2. The second-order valence-electron chi connectivity index (χ2n) is 14.4. The Morgan fingerprint density at radius 1 is 0.679 bits per heavy atom. The number of benzene rings is 2. The third kappa shape index (κ3) is 9.57. The summed E-state index contributed by atoms with van der Waals surface area (Å²) in [7, 11) is -7.63. The molecule has 0 bridgehead atoms. The molecule has 4 N–H and O–H groups in total. The second-order valence-corrected chi connectivity index (χ2v) is 18.0. The van der Waals surface area contributed by atoms with Gasteiger partial charge in [-0.1, -0.05) is 35.4 Å². The summed E-state index contributed by atoms with van der Waals surface area (Å²) in [5, 5.41) is 0.726. The van der Waals surface area contributed by atoms with Crippen molar-refractivity contribution in [3.05, 3.63) is 96.6 Å². The number of hydrogen-bond acceptors (Lipinski definition) is 14. The zero-order chi connectivity index (χ0) is 41.2. The number of aromatic nitrogens is 6. The number of aryl methyl sites for hydroxylation is 2. The fraction of sp³-hybridized carbons (Fsp3) is 0.278. The molecular weight excluding hydrogens is 765 g/mol. The number of fused-ring (bicyclic) bond motifs is 2. The predicted octanol–water partition coefficient (Wildman–Crippen LogP) is 5.42. The normalized spacial score (nSPS) is 12.1. The van der Waals surface area contributed by atoms with Crippen LogP contribution in [-0.4, -0.2) is 68.1 Å². The molecule has 6 rings (SSSR count). The Morgan fingerprint density at radius 2 is 1.12 bits per heavy atom. The Morgan fingerprint density at radius 3 is 1.59 bits per heavy atom. The Hall–Kier alpha value is -6.12. The van der Waals surface area contributed by atoms with Crippen LogP contribution < -0.4 is 21.7 Å². The maximum atomic E-state index is 12.9. The molecule has 4 heterocycles. The van der Waals surface area contributed by atoms with Gasteiger partial charge in [0.15, 0.2) is 22.9 Å². The summed E-state index contributed by atoms with van der Waals surface area (Å²) in [5.74, 6) is 6.04. The van der Waals surface area contributed by atoms with Crippen LogP contribution in [0.3, 0.4) is 0 Å². The van der Waals surface area contributed by atoms with Gasteiger partial charge in [-0.25, -0.2) is 65.6 Å². The molecule has 0 spiro atoms. The Balaban J connectivity index is 0.000000214. The van der Waals surface area contributed by atoms with Crippen LogP contribution in [-0.2, 0) is 29.5 Å².